The topological polar surface area (TPSA) is 135 Å². The monoisotopic (exact) mass is 348 g/mol. The van der Waals surface area contributed by atoms with Crippen molar-refractivity contribution >= 4 is 23.6 Å². The zero-order valence-corrected chi connectivity index (χ0v) is 14.2. The number of tetrazole rings is 1. The first-order valence-electron chi connectivity index (χ1n) is 7.80. The van der Waals surface area contributed by atoms with Gasteiger partial charge in [0, 0.05) is 17.8 Å². The zero-order valence-electron chi connectivity index (χ0n) is 13.4. The van der Waals surface area contributed by atoms with E-state index in [-0.39, 0.29) is 23.8 Å². The molecular formula is C14H20N8OS. The number of aromatic amines is 1. The average molecular weight is 348 g/mol. The Balaban J connectivity index is 1.66. The molecule has 9 nitrogen and oxygen atoms in total. The summed E-state index contributed by atoms with van der Waals surface area (Å²) in [5.41, 5.74) is 7.56. The van der Waals surface area contributed by atoms with Gasteiger partial charge in [0.05, 0.1) is 6.04 Å². The highest BCUT2D eigenvalue weighted by atomic mass is 32.2. The number of hydrogen-bond donors (Lipinski definition) is 3. The molecule has 2 aromatic rings. The van der Waals surface area contributed by atoms with Gasteiger partial charge in [0.2, 0.25) is 11.9 Å². The molecule has 1 aliphatic carbocycles. The van der Waals surface area contributed by atoms with Crippen LogP contribution in [-0.4, -0.2) is 48.5 Å². The fourth-order valence-corrected chi connectivity index (χ4v) is 3.33. The lowest BCUT2D eigenvalue weighted by atomic mass is 9.86. The third-order valence-electron chi connectivity index (χ3n) is 4.14. The number of thioether (sulfide) groups is 1. The standard InChI is InChI=1S/C14H20N8OS/c1-24-5-4-11(12-19-21-22-20-12)17-13(23)8-2-3-10-9(6-8)7-16-14(15)18-10/h7-8,11H,2-6H2,1H3,(H,17,23)(H2,15,16,18)(H,19,20,21,22)/t8?,11-/m0/s1. The van der Waals surface area contributed by atoms with Crippen LogP contribution in [0.1, 0.15) is 36.0 Å². The van der Waals surface area contributed by atoms with E-state index in [2.05, 4.69) is 35.9 Å². The van der Waals surface area contributed by atoms with Gasteiger partial charge >= 0.3 is 0 Å². The normalized spacial score (nSPS) is 18.0. The number of rotatable bonds is 6. The highest BCUT2D eigenvalue weighted by molar-refractivity contribution is 7.98. The molecule has 0 bridgehead atoms. The first kappa shape index (κ1) is 16.6. The van der Waals surface area contributed by atoms with E-state index in [1.54, 1.807) is 18.0 Å². The number of H-pyrrole nitrogens is 1. The maximum Gasteiger partial charge on any atom is 0.224 e. The molecule has 2 heterocycles. The second-order valence-corrected chi connectivity index (χ2v) is 6.74. The number of amides is 1. The third kappa shape index (κ3) is 3.81. The van der Waals surface area contributed by atoms with Crippen LogP contribution in [0.3, 0.4) is 0 Å². The Morgan fingerprint density at radius 1 is 1.58 bits per heavy atom. The number of hydrogen-bond acceptors (Lipinski definition) is 8. The SMILES string of the molecule is CSCC[C@H](NC(=O)C1CCc2nc(N)ncc2C1)c1nn[nH]n1. The molecule has 128 valence electrons. The molecule has 0 spiro atoms. The molecule has 0 aliphatic heterocycles. The molecule has 3 rings (SSSR count). The maximum absolute atomic E-state index is 12.7. The molecule has 0 aromatic carbocycles. The summed E-state index contributed by atoms with van der Waals surface area (Å²) in [5.74, 6) is 1.61. The molecule has 2 aromatic heterocycles. The van der Waals surface area contributed by atoms with Crippen LogP contribution in [0.2, 0.25) is 0 Å². The predicted molar refractivity (Wildman–Crippen MR) is 90.0 cm³/mol. The summed E-state index contributed by atoms with van der Waals surface area (Å²) in [6, 6.07) is -0.229. The lowest BCUT2D eigenvalue weighted by Crippen LogP contribution is -2.37. The highest BCUT2D eigenvalue weighted by Crippen LogP contribution is 2.25. The number of nitrogens with one attached hydrogen (secondary N) is 2. The van der Waals surface area contributed by atoms with Crippen LogP contribution < -0.4 is 11.1 Å². The van der Waals surface area contributed by atoms with Gasteiger partial charge in [-0.3, -0.25) is 4.79 Å². The number of anilines is 1. The summed E-state index contributed by atoms with van der Waals surface area (Å²) in [6.45, 7) is 0. The molecule has 1 amide bonds. The summed E-state index contributed by atoms with van der Waals surface area (Å²) in [7, 11) is 0. The summed E-state index contributed by atoms with van der Waals surface area (Å²) in [4.78, 5) is 21.0. The van der Waals surface area contributed by atoms with Gasteiger partial charge in [-0.05, 0) is 43.3 Å². The Kier molecular flexibility index (Phi) is 5.24. The minimum Gasteiger partial charge on any atom is -0.368 e. The Morgan fingerprint density at radius 3 is 3.21 bits per heavy atom. The summed E-state index contributed by atoms with van der Waals surface area (Å²) >= 11 is 1.72. The summed E-state index contributed by atoms with van der Waals surface area (Å²) < 4.78 is 0. The van der Waals surface area contributed by atoms with Gasteiger partial charge in [0.1, 0.15) is 0 Å². The number of nitrogens with two attached hydrogens (primary N) is 1. The van der Waals surface area contributed by atoms with E-state index in [1.807, 2.05) is 6.26 Å². The van der Waals surface area contributed by atoms with Gasteiger partial charge in [-0.15, -0.1) is 10.2 Å². The number of aryl methyl sites for hydroxylation is 1. The molecule has 1 aliphatic rings. The van der Waals surface area contributed by atoms with Crippen LogP contribution in [0, 0.1) is 5.92 Å². The molecule has 2 atom stereocenters. The lowest BCUT2D eigenvalue weighted by Gasteiger charge is -2.25. The first-order chi connectivity index (χ1) is 11.7. The van der Waals surface area contributed by atoms with Gasteiger partial charge in [-0.25, -0.2) is 9.97 Å². The van der Waals surface area contributed by atoms with Crippen molar-refractivity contribution in [1.29, 1.82) is 0 Å². The van der Waals surface area contributed by atoms with E-state index in [1.165, 1.54) is 0 Å². The van der Waals surface area contributed by atoms with Crippen molar-refractivity contribution in [3.05, 3.63) is 23.3 Å². The van der Waals surface area contributed by atoms with Crippen LogP contribution in [0.4, 0.5) is 5.95 Å². The van der Waals surface area contributed by atoms with Gasteiger partial charge in [-0.1, -0.05) is 5.21 Å². The number of nitrogens with zero attached hydrogens (tertiary/aromatic N) is 5. The van der Waals surface area contributed by atoms with Crippen LogP contribution in [-0.2, 0) is 17.6 Å². The van der Waals surface area contributed by atoms with E-state index < -0.39 is 0 Å². The van der Waals surface area contributed by atoms with E-state index >= 15 is 0 Å². The molecule has 0 saturated heterocycles. The van der Waals surface area contributed by atoms with Crippen molar-refractivity contribution in [3.63, 3.8) is 0 Å². The predicted octanol–water partition coefficient (Wildman–Crippen LogP) is 0.287. The fraction of sp³-hybridized carbons (Fsp3) is 0.571. The van der Waals surface area contributed by atoms with Crippen molar-refractivity contribution < 1.29 is 4.79 Å². The number of carbonyl (C=O) groups is 1. The molecule has 0 fully saturated rings. The molecular weight excluding hydrogens is 328 g/mol. The van der Waals surface area contributed by atoms with Gasteiger partial charge in [-0.2, -0.15) is 17.0 Å². The van der Waals surface area contributed by atoms with Crippen molar-refractivity contribution in [3.8, 4) is 0 Å². The largest absolute Gasteiger partial charge is 0.368 e. The molecule has 1 unspecified atom stereocenters. The van der Waals surface area contributed by atoms with Crippen LogP contribution in [0.15, 0.2) is 6.20 Å². The number of fused-ring (bicyclic) bond motifs is 1. The minimum absolute atomic E-state index is 0.00776. The third-order valence-corrected chi connectivity index (χ3v) is 4.78. The summed E-state index contributed by atoms with van der Waals surface area (Å²) in [5, 5.41) is 17.1. The van der Waals surface area contributed by atoms with Crippen LogP contribution >= 0.6 is 11.8 Å². The fourth-order valence-electron chi connectivity index (χ4n) is 2.85. The van der Waals surface area contributed by atoms with Gasteiger partial charge < -0.3 is 11.1 Å². The second-order valence-electron chi connectivity index (χ2n) is 5.75. The van der Waals surface area contributed by atoms with Crippen molar-refractivity contribution in [2.24, 2.45) is 5.92 Å². The van der Waals surface area contributed by atoms with Crippen molar-refractivity contribution in [2.75, 3.05) is 17.7 Å². The minimum atomic E-state index is -0.229. The van der Waals surface area contributed by atoms with Crippen LogP contribution in [0.25, 0.3) is 0 Å². The number of aromatic nitrogens is 6. The average Bonchev–Trinajstić information content (AvgIpc) is 3.12. The zero-order chi connectivity index (χ0) is 16.9. The van der Waals surface area contributed by atoms with E-state index in [4.69, 9.17) is 5.73 Å². The first-order valence-corrected chi connectivity index (χ1v) is 9.19. The molecule has 10 heteroatoms. The Labute approximate surface area is 143 Å². The maximum atomic E-state index is 12.7. The van der Waals surface area contributed by atoms with Crippen LogP contribution in [0.5, 0.6) is 0 Å². The number of carbonyl (C=O) groups excluding carboxylic acids is 1. The Bertz CT molecular complexity index is 692. The number of nitrogen functional groups attached to an aromatic ring is 1. The van der Waals surface area contributed by atoms with Crippen molar-refractivity contribution in [2.45, 2.75) is 31.7 Å². The van der Waals surface area contributed by atoms with Gasteiger partial charge in [0.15, 0.2) is 5.82 Å². The Morgan fingerprint density at radius 2 is 2.46 bits per heavy atom. The lowest BCUT2D eigenvalue weighted by molar-refractivity contribution is -0.126. The molecule has 0 radical (unpaired) electrons. The highest BCUT2D eigenvalue weighted by Gasteiger charge is 2.28. The van der Waals surface area contributed by atoms with Gasteiger partial charge in [0.25, 0.3) is 0 Å². The second kappa shape index (κ2) is 7.56. The quantitative estimate of drug-likeness (QED) is 0.677. The molecule has 4 N–H and O–H groups in total. The van der Waals surface area contributed by atoms with E-state index in [0.29, 0.717) is 12.2 Å². The molecule has 0 saturated carbocycles. The van der Waals surface area contributed by atoms with E-state index in [9.17, 15) is 4.79 Å². The Hall–Kier alpha value is -2.23. The van der Waals surface area contributed by atoms with Crippen molar-refractivity contribution in [1.82, 2.24) is 35.9 Å². The van der Waals surface area contributed by atoms with E-state index in [0.717, 1.165) is 36.3 Å². The smallest absolute Gasteiger partial charge is 0.224 e. The summed E-state index contributed by atoms with van der Waals surface area (Å²) in [6.07, 6.45) is 6.62. The molecule has 24 heavy (non-hydrogen) atoms.